The molecule has 0 radical (unpaired) electrons. The van der Waals surface area contributed by atoms with Crippen molar-refractivity contribution in [3.63, 3.8) is 0 Å². The first-order chi connectivity index (χ1) is 13.2. The third kappa shape index (κ3) is 4.37. The number of carbonyl (C=O) groups is 1. The summed E-state index contributed by atoms with van der Waals surface area (Å²) in [4.78, 5) is 19.4. The molecule has 1 aliphatic heterocycles. The second-order valence-corrected chi connectivity index (χ2v) is 7.42. The third-order valence-corrected chi connectivity index (χ3v) is 5.36. The van der Waals surface area contributed by atoms with Crippen LogP contribution >= 0.6 is 0 Å². The summed E-state index contributed by atoms with van der Waals surface area (Å²) in [6, 6.07) is 14.7. The normalized spacial score (nSPS) is 15.9. The zero-order chi connectivity index (χ0) is 18.6. The van der Waals surface area contributed by atoms with Gasteiger partial charge in [-0.3, -0.25) is 9.69 Å². The number of amides is 1. The van der Waals surface area contributed by atoms with Crippen molar-refractivity contribution < 1.29 is 4.79 Å². The quantitative estimate of drug-likeness (QED) is 0.759. The van der Waals surface area contributed by atoms with Gasteiger partial charge in [0.15, 0.2) is 0 Å². The first-order valence-corrected chi connectivity index (χ1v) is 9.66. The molecule has 0 saturated carbocycles. The predicted octanol–water partition coefficient (Wildman–Crippen LogP) is 2.97. The fourth-order valence-corrected chi connectivity index (χ4v) is 3.78. The maximum Gasteiger partial charge on any atom is 0.226 e. The number of pyridine rings is 1. The molecule has 0 spiro atoms. The number of likely N-dealkylation sites (tertiary alicyclic amines) is 1. The average molecular weight is 362 g/mol. The van der Waals surface area contributed by atoms with Gasteiger partial charge in [-0.1, -0.05) is 30.3 Å². The van der Waals surface area contributed by atoms with E-state index in [9.17, 15) is 4.79 Å². The molecule has 1 amide bonds. The topological polar surface area (TPSA) is 49.6 Å². The lowest BCUT2D eigenvalue weighted by Gasteiger charge is -2.32. The monoisotopic (exact) mass is 362 g/mol. The minimum absolute atomic E-state index is 0.0655. The van der Waals surface area contributed by atoms with Crippen molar-refractivity contribution in [2.24, 2.45) is 0 Å². The van der Waals surface area contributed by atoms with E-state index in [1.165, 1.54) is 11.1 Å². The molecule has 3 heterocycles. The van der Waals surface area contributed by atoms with Crippen molar-refractivity contribution in [3.05, 3.63) is 71.7 Å². The van der Waals surface area contributed by atoms with Crippen molar-refractivity contribution in [2.75, 3.05) is 13.1 Å². The molecule has 1 N–H and O–H groups in total. The lowest BCUT2D eigenvalue weighted by atomic mass is 10.0. The Morgan fingerprint density at radius 3 is 2.70 bits per heavy atom. The summed E-state index contributed by atoms with van der Waals surface area (Å²) >= 11 is 0. The van der Waals surface area contributed by atoms with E-state index in [-0.39, 0.29) is 11.9 Å². The van der Waals surface area contributed by atoms with Gasteiger partial charge in [-0.25, -0.2) is 4.98 Å². The van der Waals surface area contributed by atoms with Gasteiger partial charge in [0, 0.05) is 38.1 Å². The molecule has 0 unspecified atom stereocenters. The van der Waals surface area contributed by atoms with E-state index in [0.717, 1.165) is 43.8 Å². The van der Waals surface area contributed by atoms with Crippen LogP contribution < -0.4 is 5.32 Å². The van der Waals surface area contributed by atoms with Crippen LogP contribution in [0.1, 0.15) is 29.7 Å². The molecule has 1 aliphatic rings. The Morgan fingerprint density at radius 1 is 1.15 bits per heavy atom. The molecule has 4 rings (SSSR count). The lowest BCUT2D eigenvalue weighted by molar-refractivity contribution is -0.121. The molecule has 0 atom stereocenters. The number of hydrogen-bond donors (Lipinski definition) is 1. The number of hydrogen-bond acceptors (Lipinski definition) is 3. The van der Waals surface area contributed by atoms with Crippen molar-refractivity contribution in [2.45, 2.75) is 38.8 Å². The number of fused-ring (bicyclic) bond motifs is 1. The van der Waals surface area contributed by atoms with E-state index in [1.54, 1.807) is 0 Å². The number of rotatable bonds is 5. The van der Waals surface area contributed by atoms with Gasteiger partial charge < -0.3 is 9.72 Å². The average Bonchev–Trinajstić information content (AvgIpc) is 3.07. The highest BCUT2D eigenvalue weighted by molar-refractivity contribution is 5.78. The van der Waals surface area contributed by atoms with Gasteiger partial charge in [0.1, 0.15) is 5.65 Å². The predicted molar refractivity (Wildman–Crippen MR) is 107 cm³/mol. The van der Waals surface area contributed by atoms with Crippen LogP contribution in [0.5, 0.6) is 0 Å². The van der Waals surface area contributed by atoms with Gasteiger partial charge in [-0.05, 0) is 43.0 Å². The number of imidazole rings is 1. The smallest absolute Gasteiger partial charge is 0.226 e. The van der Waals surface area contributed by atoms with E-state index < -0.39 is 0 Å². The Hall–Kier alpha value is -2.66. The number of nitrogens with one attached hydrogen (secondary N) is 1. The number of piperidine rings is 1. The van der Waals surface area contributed by atoms with E-state index in [1.807, 2.05) is 35.0 Å². The van der Waals surface area contributed by atoms with Crippen LogP contribution in [0.4, 0.5) is 0 Å². The van der Waals surface area contributed by atoms with Gasteiger partial charge in [0.05, 0.1) is 12.1 Å². The van der Waals surface area contributed by atoms with Gasteiger partial charge in [-0.2, -0.15) is 0 Å². The molecule has 3 aromatic rings. The van der Waals surface area contributed by atoms with Crippen LogP contribution in [0.2, 0.25) is 0 Å². The standard InChI is InChI=1S/C22H26N4O/c1-17-6-2-3-7-18(17)15-25-12-9-19(10-13-25)24-22(27)14-20-16-26-11-5-4-8-21(26)23-20/h2-8,11,16,19H,9-10,12-15H2,1H3,(H,24,27). The summed E-state index contributed by atoms with van der Waals surface area (Å²) in [5, 5.41) is 3.19. The second kappa shape index (κ2) is 7.92. The van der Waals surface area contributed by atoms with E-state index in [2.05, 4.69) is 46.4 Å². The molecule has 0 aliphatic carbocycles. The molecule has 2 aromatic heterocycles. The molecule has 1 saturated heterocycles. The number of aryl methyl sites for hydroxylation is 1. The first-order valence-electron chi connectivity index (χ1n) is 9.66. The molecule has 5 nitrogen and oxygen atoms in total. The Bertz CT molecular complexity index is 892. The molecule has 140 valence electrons. The highest BCUT2D eigenvalue weighted by atomic mass is 16.1. The van der Waals surface area contributed by atoms with Gasteiger partial charge in [0.2, 0.25) is 5.91 Å². The summed E-state index contributed by atoms with van der Waals surface area (Å²) in [6.45, 7) is 5.21. The molecule has 1 aromatic carbocycles. The largest absolute Gasteiger partial charge is 0.353 e. The third-order valence-electron chi connectivity index (χ3n) is 5.36. The van der Waals surface area contributed by atoms with Crippen molar-refractivity contribution >= 4 is 11.6 Å². The molecule has 27 heavy (non-hydrogen) atoms. The summed E-state index contributed by atoms with van der Waals surface area (Å²) in [7, 11) is 0. The number of aromatic nitrogens is 2. The van der Waals surface area contributed by atoms with Gasteiger partial charge in [-0.15, -0.1) is 0 Å². The number of benzene rings is 1. The first kappa shape index (κ1) is 17.7. The summed E-state index contributed by atoms with van der Waals surface area (Å²) in [5.41, 5.74) is 4.44. The van der Waals surface area contributed by atoms with Gasteiger partial charge >= 0.3 is 0 Å². The fraction of sp³-hybridized carbons (Fsp3) is 0.364. The zero-order valence-corrected chi connectivity index (χ0v) is 15.8. The summed E-state index contributed by atoms with van der Waals surface area (Å²) in [5.74, 6) is 0.0655. The molecule has 5 heteroatoms. The van der Waals surface area contributed by atoms with E-state index >= 15 is 0 Å². The number of nitrogens with zero attached hydrogens (tertiary/aromatic N) is 3. The summed E-state index contributed by atoms with van der Waals surface area (Å²) in [6.07, 6.45) is 6.23. The number of carbonyl (C=O) groups excluding carboxylic acids is 1. The summed E-state index contributed by atoms with van der Waals surface area (Å²) < 4.78 is 1.95. The van der Waals surface area contributed by atoms with Crippen LogP contribution in [0, 0.1) is 6.92 Å². The van der Waals surface area contributed by atoms with Crippen LogP contribution in [-0.4, -0.2) is 39.3 Å². The minimum atomic E-state index is 0.0655. The maximum absolute atomic E-state index is 12.4. The Kier molecular flexibility index (Phi) is 5.21. The zero-order valence-electron chi connectivity index (χ0n) is 15.8. The van der Waals surface area contributed by atoms with Crippen molar-refractivity contribution in [3.8, 4) is 0 Å². The Morgan fingerprint density at radius 2 is 1.93 bits per heavy atom. The Balaban J connectivity index is 1.26. The van der Waals surface area contributed by atoms with Crippen LogP contribution in [-0.2, 0) is 17.8 Å². The maximum atomic E-state index is 12.4. The molecular weight excluding hydrogens is 336 g/mol. The Labute approximate surface area is 160 Å². The molecule has 0 bridgehead atoms. The minimum Gasteiger partial charge on any atom is -0.353 e. The highest BCUT2D eigenvalue weighted by Gasteiger charge is 2.21. The van der Waals surface area contributed by atoms with Gasteiger partial charge in [0.25, 0.3) is 0 Å². The van der Waals surface area contributed by atoms with Crippen LogP contribution in [0.25, 0.3) is 5.65 Å². The molecule has 1 fully saturated rings. The van der Waals surface area contributed by atoms with Crippen molar-refractivity contribution in [1.29, 1.82) is 0 Å². The lowest BCUT2D eigenvalue weighted by Crippen LogP contribution is -2.44. The highest BCUT2D eigenvalue weighted by Crippen LogP contribution is 2.16. The SMILES string of the molecule is Cc1ccccc1CN1CCC(NC(=O)Cc2cn3ccccc3n2)CC1. The second-order valence-electron chi connectivity index (χ2n) is 7.42. The van der Waals surface area contributed by atoms with E-state index in [4.69, 9.17) is 0 Å². The van der Waals surface area contributed by atoms with Crippen LogP contribution in [0.15, 0.2) is 54.9 Å². The van der Waals surface area contributed by atoms with E-state index in [0.29, 0.717) is 6.42 Å². The fourth-order valence-electron chi connectivity index (χ4n) is 3.78. The van der Waals surface area contributed by atoms with Crippen LogP contribution in [0.3, 0.4) is 0 Å². The molecular formula is C22H26N4O. The van der Waals surface area contributed by atoms with Crippen molar-refractivity contribution in [1.82, 2.24) is 19.6 Å².